The van der Waals surface area contributed by atoms with E-state index in [4.69, 9.17) is 30.9 Å². The van der Waals surface area contributed by atoms with Gasteiger partial charge in [0.15, 0.2) is 26.0 Å². The average molecular weight is 363 g/mol. The molecule has 134 valence electrons. The summed E-state index contributed by atoms with van der Waals surface area (Å²) in [5, 5.41) is 0.422. The first-order valence-corrected chi connectivity index (χ1v) is 11.3. The van der Waals surface area contributed by atoms with Crippen molar-refractivity contribution in [1.82, 2.24) is 0 Å². The third kappa shape index (κ3) is 5.24. The zero-order valence-electron chi connectivity index (χ0n) is 15.5. The second kappa shape index (κ2) is 7.59. The summed E-state index contributed by atoms with van der Waals surface area (Å²) >= 11 is 5.10. The first-order chi connectivity index (χ1) is 10.4. The zero-order chi connectivity index (χ0) is 18.0. The van der Waals surface area contributed by atoms with Crippen molar-refractivity contribution >= 4 is 32.3 Å². The van der Waals surface area contributed by atoms with Crippen LogP contribution in [0, 0.1) is 5.41 Å². The van der Waals surface area contributed by atoms with Gasteiger partial charge in [-0.3, -0.25) is 4.79 Å². The Morgan fingerprint density at radius 3 is 2.22 bits per heavy atom. The lowest BCUT2D eigenvalue weighted by molar-refractivity contribution is -0.323. The Balaban J connectivity index is 3.18. The minimum absolute atomic E-state index is 0.253. The largest absolute Gasteiger partial charge is 0.480 e. The van der Waals surface area contributed by atoms with Crippen LogP contribution in [0.2, 0.25) is 13.1 Å². The van der Waals surface area contributed by atoms with E-state index in [0.717, 1.165) is 0 Å². The molecule has 7 heteroatoms. The average Bonchev–Trinajstić information content (AvgIpc) is 2.30. The number of hydrogen-bond acceptors (Lipinski definition) is 6. The maximum atomic E-state index is 11.4. The molecular formula is C16H30O5SSi. The molecule has 5 nitrogen and oxygen atoms in total. The highest BCUT2D eigenvalue weighted by molar-refractivity contribution is 7.80. The molecule has 0 aliphatic carbocycles. The monoisotopic (exact) mass is 362 g/mol. The van der Waals surface area contributed by atoms with Crippen LogP contribution in [0.3, 0.4) is 0 Å². The molecule has 1 aliphatic heterocycles. The molecule has 23 heavy (non-hydrogen) atoms. The Morgan fingerprint density at radius 1 is 1.26 bits per heavy atom. The Kier molecular flexibility index (Phi) is 6.78. The molecule has 1 rings (SSSR count). The third-order valence-electron chi connectivity index (χ3n) is 3.86. The molecule has 0 bridgehead atoms. The van der Waals surface area contributed by atoms with E-state index < -0.39 is 20.9 Å². The van der Waals surface area contributed by atoms with Crippen LogP contribution in [0.5, 0.6) is 0 Å². The molecule has 0 aromatic heterocycles. The molecule has 0 N–H and O–H groups in total. The molecule has 0 saturated carbocycles. The third-order valence-corrected chi connectivity index (χ3v) is 4.81. The molecule has 0 aromatic carbocycles. The highest BCUT2D eigenvalue weighted by Gasteiger charge is 2.55. The van der Waals surface area contributed by atoms with Crippen LogP contribution < -0.4 is 0 Å². The van der Waals surface area contributed by atoms with Crippen LogP contribution in [-0.4, -0.2) is 44.2 Å². The summed E-state index contributed by atoms with van der Waals surface area (Å²) in [6.07, 6.45) is -0.762. The van der Waals surface area contributed by atoms with Gasteiger partial charge in [0.1, 0.15) is 6.10 Å². The summed E-state index contributed by atoms with van der Waals surface area (Å²) in [7, 11) is -1.37. The highest BCUT2D eigenvalue weighted by atomic mass is 32.1. The summed E-state index contributed by atoms with van der Waals surface area (Å²) in [6, 6.07) is 0. The first-order valence-electron chi connectivity index (χ1n) is 8.08. The molecule has 4 atom stereocenters. The molecular weight excluding hydrogens is 332 g/mol. The molecule has 0 unspecified atom stereocenters. The van der Waals surface area contributed by atoms with Crippen molar-refractivity contribution in [1.29, 1.82) is 0 Å². The SMILES string of the molecule is CC(=O)O[C@H]1[C@H](C)O[C@](O[SiH](C)C)(C(C)(C)C)C[C@@H]1OC(C)=S. The zero-order valence-corrected chi connectivity index (χ0v) is 17.4. The molecule has 1 saturated heterocycles. The minimum Gasteiger partial charge on any atom is -0.480 e. The van der Waals surface area contributed by atoms with Crippen molar-refractivity contribution < 1.29 is 23.4 Å². The van der Waals surface area contributed by atoms with Crippen molar-refractivity contribution in [3.8, 4) is 0 Å². The predicted molar refractivity (Wildman–Crippen MR) is 96.0 cm³/mol. The fourth-order valence-electron chi connectivity index (χ4n) is 2.90. The van der Waals surface area contributed by atoms with Crippen molar-refractivity contribution in [3.05, 3.63) is 0 Å². The maximum absolute atomic E-state index is 11.4. The number of ether oxygens (including phenoxy) is 3. The van der Waals surface area contributed by atoms with E-state index in [9.17, 15) is 4.79 Å². The molecule has 0 spiro atoms. The number of rotatable bonds is 4. The van der Waals surface area contributed by atoms with Gasteiger partial charge in [0.2, 0.25) is 0 Å². The van der Waals surface area contributed by atoms with Gasteiger partial charge in [-0.2, -0.15) is 0 Å². The van der Waals surface area contributed by atoms with Crippen LogP contribution in [0.1, 0.15) is 48.0 Å². The summed E-state index contributed by atoms with van der Waals surface area (Å²) in [4.78, 5) is 11.4. The quantitative estimate of drug-likeness (QED) is 0.435. The second-order valence-corrected chi connectivity index (χ2v) is 10.3. The molecule has 0 amide bonds. The summed E-state index contributed by atoms with van der Waals surface area (Å²) in [6.45, 7) is 15.5. The van der Waals surface area contributed by atoms with E-state index >= 15 is 0 Å². The van der Waals surface area contributed by atoms with Crippen LogP contribution in [0.4, 0.5) is 0 Å². The lowest BCUT2D eigenvalue weighted by Gasteiger charge is -2.53. The van der Waals surface area contributed by atoms with Gasteiger partial charge in [-0.05, 0) is 32.2 Å². The van der Waals surface area contributed by atoms with Gasteiger partial charge < -0.3 is 18.6 Å². The topological polar surface area (TPSA) is 54.0 Å². The Hall–Kier alpha value is -0.503. The lowest BCUT2D eigenvalue weighted by atomic mass is 9.78. The normalized spacial score (nSPS) is 31.8. The van der Waals surface area contributed by atoms with Crippen molar-refractivity contribution in [2.75, 3.05) is 0 Å². The van der Waals surface area contributed by atoms with E-state index in [1.54, 1.807) is 6.92 Å². The maximum Gasteiger partial charge on any atom is 0.303 e. The summed E-state index contributed by atoms with van der Waals surface area (Å²) in [5.74, 6) is -1.14. The Morgan fingerprint density at radius 2 is 1.83 bits per heavy atom. The molecule has 1 fully saturated rings. The number of carbonyl (C=O) groups is 1. The van der Waals surface area contributed by atoms with E-state index in [2.05, 4.69) is 33.9 Å². The Bertz CT molecular complexity index is 448. The van der Waals surface area contributed by atoms with Crippen molar-refractivity contribution in [2.45, 2.75) is 85.2 Å². The van der Waals surface area contributed by atoms with Gasteiger partial charge in [0.05, 0.1) is 6.10 Å². The molecule has 1 heterocycles. The van der Waals surface area contributed by atoms with Crippen LogP contribution in [-0.2, 0) is 23.4 Å². The van der Waals surface area contributed by atoms with Gasteiger partial charge >= 0.3 is 5.97 Å². The van der Waals surface area contributed by atoms with E-state index in [-0.39, 0.29) is 23.6 Å². The predicted octanol–water partition coefficient (Wildman–Crippen LogP) is 3.20. The van der Waals surface area contributed by atoms with Crippen LogP contribution in [0.25, 0.3) is 0 Å². The molecule has 1 aliphatic rings. The second-order valence-electron chi connectivity index (χ2n) is 7.42. The van der Waals surface area contributed by atoms with E-state index in [1.165, 1.54) is 6.92 Å². The van der Waals surface area contributed by atoms with E-state index in [0.29, 0.717) is 11.5 Å². The standard InChI is InChI=1S/C16H30O5SSi/c1-10-14(18-11(2)17)13(19-12(3)22)9-16(20-10,15(4,5)6)21-23(7)8/h10,13-14,23H,9H2,1-8H3/t10-,13-,14-,16+/m0/s1. The number of esters is 1. The molecule has 0 radical (unpaired) electrons. The van der Waals surface area contributed by atoms with Gasteiger partial charge in [-0.25, -0.2) is 0 Å². The lowest BCUT2D eigenvalue weighted by Crippen LogP contribution is -2.62. The fourth-order valence-corrected chi connectivity index (χ4v) is 4.29. The Labute approximate surface area is 146 Å². The van der Waals surface area contributed by atoms with Crippen LogP contribution >= 0.6 is 12.2 Å². The smallest absolute Gasteiger partial charge is 0.303 e. The van der Waals surface area contributed by atoms with Gasteiger partial charge in [-0.15, -0.1) is 0 Å². The highest BCUT2D eigenvalue weighted by Crippen LogP contribution is 2.45. The first kappa shape index (κ1) is 20.5. The van der Waals surface area contributed by atoms with Gasteiger partial charge in [-0.1, -0.05) is 20.8 Å². The summed E-state index contributed by atoms with van der Waals surface area (Å²) < 4.78 is 23.9. The fraction of sp³-hybridized carbons (Fsp3) is 0.875. The summed E-state index contributed by atoms with van der Waals surface area (Å²) in [5.41, 5.74) is -0.253. The van der Waals surface area contributed by atoms with Gasteiger partial charge in [0, 0.05) is 25.7 Å². The van der Waals surface area contributed by atoms with Crippen LogP contribution in [0.15, 0.2) is 0 Å². The number of thiocarbonyl (C=S) groups is 1. The minimum atomic E-state index is -1.37. The van der Waals surface area contributed by atoms with Crippen molar-refractivity contribution in [2.24, 2.45) is 5.41 Å². The van der Waals surface area contributed by atoms with Gasteiger partial charge in [0.25, 0.3) is 0 Å². The molecule has 0 aromatic rings. The van der Waals surface area contributed by atoms with Crippen molar-refractivity contribution in [3.63, 3.8) is 0 Å². The number of carbonyl (C=O) groups excluding carboxylic acids is 1. The number of hydrogen-bond donors (Lipinski definition) is 0. The van der Waals surface area contributed by atoms with E-state index in [1.807, 2.05) is 6.92 Å².